The monoisotopic (exact) mass is 456 g/mol. The van der Waals surface area contributed by atoms with E-state index < -0.39 is 0 Å². The van der Waals surface area contributed by atoms with Crippen LogP contribution in [-0.2, 0) is 24.1 Å². The van der Waals surface area contributed by atoms with Crippen LogP contribution in [0.1, 0.15) is 86.9 Å². The van der Waals surface area contributed by atoms with Crippen LogP contribution in [0.5, 0.6) is 0 Å². The summed E-state index contributed by atoms with van der Waals surface area (Å²) in [6.45, 7) is 3.10. The summed E-state index contributed by atoms with van der Waals surface area (Å²) in [7, 11) is 0. The van der Waals surface area contributed by atoms with Crippen molar-refractivity contribution >= 4 is 27.5 Å². The van der Waals surface area contributed by atoms with Crippen molar-refractivity contribution in [2.45, 2.75) is 95.4 Å². The maximum atomic E-state index is 12.7. The van der Waals surface area contributed by atoms with Crippen molar-refractivity contribution in [1.29, 1.82) is 0 Å². The van der Waals surface area contributed by atoms with E-state index in [1.165, 1.54) is 81.3 Å². The molecule has 1 amide bonds. The van der Waals surface area contributed by atoms with Crippen LogP contribution in [-0.4, -0.2) is 45.9 Å². The van der Waals surface area contributed by atoms with Crippen LogP contribution in [0.2, 0.25) is 0 Å². The molecule has 2 N–H and O–H groups in total. The van der Waals surface area contributed by atoms with Gasteiger partial charge in [-0.25, -0.2) is 4.98 Å². The van der Waals surface area contributed by atoms with Gasteiger partial charge in [-0.15, -0.1) is 11.3 Å². The number of hydrogen-bond donors (Lipinski definition) is 2. The summed E-state index contributed by atoms with van der Waals surface area (Å²) in [4.78, 5) is 38.0. The summed E-state index contributed by atoms with van der Waals surface area (Å²) in [5, 5.41) is 4.04. The molecule has 0 spiro atoms. The van der Waals surface area contributed by atoms with Gasteiger partial charge in [0.1, 0.15) is 10.7 Å². The van der Waals surface area contributed by atoms with E-state index >= 15 is 0 Å². The maximum Gasteiger partial charge on any atom is 0.259 e. The molecule has 1 saturated heterocycles. The number of aryl methyl sites for hydroxylation is 3. The number of carbonyl (C=O) groups excluding carboxylic acids is 1. The molecule has 2 aromatic rings. The summed E-state index contributed by atoms with van der Waals surface area (Å²) in [5.74, 6) is 0.708. The zero-order valence-corrected chi connectivity index (χ0v) is 20.0. The molecule has 0 atom stereocenters. The number of thiophene rings is 1. The van der Waals surface area contributed by atoms with Crippen LogP contribution in [0.4, 0.5) is 0 Å². The van der Waals surface area contributed by atoms with Crippen LogP contribution in [0.15, 0.2) is 4.79 Å². The first-order chi connectivity index (χ1) is 15.6. The van der Waals surface area contributed by atoms with Gasteiger partial charge in [0.15, 0.2) is 0 Å². The molecule has 2 fully saturated rings. The number of hydrogen-bond acceptors (Lipinski definition) is 5. The topological polar surface area (TPSA) is 78.1 Å². The van der Waals surface area contributed by atoms with Crippen LogP contribution >= 0.6 is 11.3 Å². The Morgan fingerprint density at radius 3 is 2.59 bits per heavy atom. The van der Waals surface area contributed by atoms with Gasteiger partial charge >= 0.3 is 0 Å². The van der Waals surface area contributed by atoms with E-state index in [-0.39, 0.29) is 17.0 Å². The Hall–Kier alpha value is -1.73. The molecule has 0 bridgehead atoms. The standard InChI is InChI=1S/C25H36N4O2S/c30-21(26-17-25(13-5-1-6-14-25)29-15-7-2-8-16-29)12-11-20-27-23(31)22-18-9-3-4-10-19(18)32-24(22)28-20/h1-17H2,(H,26,30)(H,27,28,31). The van der Waals surface area contributed by atoms with Crippen LogP contribution in [0, 0.1) is 0 Å². The average Bonchev–Trinajstić information content (AvgIpc) is 3.21. The summed E-state index contributed by atoms with van der Waals surface area (Å²) in [5.41, 5.74) is 1.33. The number of fused-ring (bicyclic) bond motifs is 3. The predicted octanol–water partition coefficient (Wildman–Crippen LogP) is 4.10. The number of likely N-dealkylation sites (tertiary alicyclic amines) is 1. The van der Waals surface area contributed by atoms with Gasteiger partial charge in [0.05, 0.1) is 5.39 Å². The lowest BCUT2D eigenvalue weighted by Gasteiger charge is -2.48. The minimum absolute atomic E-state index is 0.0314. The van der Waals surface area contributed by atoms with Gasteiger partial charge in [0.2, 0.25) is 5.91 Å². The van der Waals surface area contributed by atoms with Crippen LogP contribution in [0.25, 0.3) is 10.2 Å². The summed E-state index contributed by atoms with van der Waals surface area (Å²) in [6.07, 6.45) is 15.4. The minimum Gasteiger partial charge on any atom is -0.354 e. The highest BCUT2D eigenvalue weighted by molar-refractivity contribution is 7.18. The number of nitrogens with zero attached hydrogens (tertiary/aromatic N) is 2. The number of nitrogens with one attached hydrogen (secondary N) is 2. The summed E-state index contributed by atoms with van der Waals surface area (Å²) < 4.78 is 0. The van der Waals surface area contributed by atoms with Crippen molar-refractivity contribution in [2.24, 2.45) is 0 Å². The van der Waals surface area contributed by atoms with Gasteiger partial charge in [0, 0.05) is 29.8 Å². The third-order valence-electron chi connectivity index (χ3n) is 7.89. The number of H-pyrrole nitrogens is 1. The molecule has 1 saturated carbocycles. The Balaban J connectivity index is 1.22. The lowest BCUT2D eigenvalue weighted by molar-refractivity contribution is -0.122. The third-order valence-corrected chi connectivity index (χ3v) is 9.07. The highest BCUT2D eigenvalue weighted by atomic mass is 32.1. The Morgan fingerprint density at radius 1 is 1.03 bits per heavy atom. The second kappa shape index (κ2) is 9.64. The number of piperidine rings is 1. The molecule has 2 aromatic heterocycles. The number of aromatic amines is 1. The molecule has 32 heavy (non-hydrogen) atoms. The number of aromatic nitrogens is 2. The van der Waals surface area contributed by atoms with Gasteiger partial charge in [-0.3, -0.25) is 14.5 Å². The minimum atomic E-state index is -0.0314. The third kappa shape index (κ3) is 4.51. The molecule has 3 heterocycles. The quantitative estimate of drug-likeness (QED) is 0.686. The zero-order valence-electron chi connectivity index (χ0n) is 19.1. The Kier molecular flexibility index (Phi) is 6.65. The second-order valence-electron chi connectivity index (χ2n) is 10.0. The average molecular weight is 457 g/mol. The fraction of sp³-hybridized carbons (Fsp3) is 0.720. The highest BCUT2D eigenvalue weighted by Crippen LogP contribution is 2.35. The van der Waals surface area contributed by atoms with Crippen molar-refractivity contribution < 1.29 is 4.79 Å². The summed E-state index contributed by atoms with van der Waals surface area (Å²) >= 11 is 1.67. The number of amides is 1. The molecule has 3 aliphatic rings. The van der Waals surface area contributed by atoms with Gasteiger partial charge in [-0.1, -0.05) is 25.7 Å². The number of rotatable bonds is 6. The first-order valence-electron chi connectivity index (χ1n) is 12.7. The van der Waals surface area contributed by atoms with Crippen LogP contribution < -0.4 is 10.9 Å². The Labute approximate surface area is 194 Å². The van der Waals surface area contributed by atoms with E-state index in [9.17, 15) is 9.59 Å². The molecular weight excluding hydrogens is 420 g/mol. The van der Waals surface area contributed by atoms with Crippen molar-refractivity contribution in [1.82, 2.24) is 20.2 Å². The Bertz CT molecular complexity index is 1010. The summed E-state index contributed by atoms with van der Waals surface area (Å²) in [6, 6.07) is 0. The molecule has 1 aliphatic heterocycles. The van der Waals surface area contributed by atoms with Gasteiger partial charge in [-0.2, -0.15) is 0 Å². The zero-order chi connectivity index (χ0) is 22.0. The molecule has 5 rings (SSSR count). The van der Waals surface area contributed by atoms with E-state index in [1.54, 1.807) is 11.3 Å². The molecule has 0 aromatic carbocycles. The van der Waals surface area contributed by atoms with Gasteiger partial charge in [0.25, 0.3) is 5.56 Å². The largest absolute Gasteiger partial charge is 0.354 e. The molecule has 7 heteroatoms. The molecule has 6 nitrogen and oxygen atoms in total. The molecular formula is C25H36N4O2S. The molecule has 0 radical (unpaired) electrons. The van der Waals surface area contributed by atoms with E-state index in [4.69, 9.17) is 4.98 Å². The van der Waals surface area contributed by atoms with E-state index in [1.807, 2.05) is 0 Å². The fourth-order valence-corrected chi connectivity index (χ4v) is 7.37. The van der Waals surface area contributed by atoms with E-state index in [0.29, 0.717) is 18.7 Å². The molecule has 2 aliphatic carbocycles. The highest BCUT2D eigenvalue weighted by Gasteiger charge is 2.38. The maximum absolute atomic E-state index is 12.7. The van der Waals surface area contributed by atoms with E-state index in [0.717, 1.165) is 36.0 Å². The van der Waals surface area contributed by atoms with Crippen molar-refractivity contribution in [3.63, 3.8) is 0 Å². The van der Waals surface area contributed by atoms with Crippen molar-refractivity contribution in [3.05, 3.63) is 26.6 Å². The fourth-order valence-electron chi connectivity index (χ4n) is 6.09. The second-order valence-corrected chi connectivity index (χ2v) is 11.1. The SMILES string of the molecule is O=C(CCc1nc2sc3c(c2c(=O)[nH]1)CCCC3)NCC1(N2CCCCC2)CCCCC1. The van der Waals surface area contributed by atoms with E-state index in [2.05, 4.69) is 15.2 Å². The molecule has 0 unspecified atom stereocenters. The first kappa shape index (κ1) is 22.1. The predicted molar refractivity (Wildman–Crippen MR) is 129 cm³/mol. The van der Waals surface area contributed by atoms with Gasteiger partial charge in [-0.05, 0) is 70.0 Å². The lowest BCUT2D eigenvalue weighted by Crippen LogP contribution is -2.58. The van der Waals surface area contributed by atoms with Crippen molar-refractivity contribution in [3.8, 4) is 0 Å². The first-order valence-corrected chi connectivity index (χ1v) is 13.5. The smallest absolute Gasteiger partial charge is 0.259 e. The molecule has 174 valence electrons. The van der Waals surface area contributed by atoms with Crippen molar-refractivity contribution in [2.75, 3.05) is 19.6 Å². The lowest BCUT2D eigenvalue weighted by atomic mass is 9.79. The number of carbonyl (C=O) groups is 1. The Morgan fingerprint density at radius 2 is 1.78 bits per heavy atom. The normalized spacial score (nSPS) is 21.4. The van der Waals surface area contributed by atoms with Crippen LogP contribution in [0.3, 0.4) is 0 Å². The van der Waals surface area contributed by atoms with Gasteiger partial charge < -0.3 is 10.3 Å².